The fourth-order valence-electron chi connectivity index (χ4n) is 2.92. The van der Waals surface area contributed by atoms with Crippen LogP contribution in [0.25, 0.3) is 23.3 Å². The molecule has 0 unspecified atom stereocenters. The third-order valence-corrected chi connectivity index (χ3v) is 4.59. The van der Waals surface area contributed by atoms with E-state index in [0.717, 1.165) is 16.7 Å². The quantitative estimate of drug-likeness (QED) is 0.390. The van der Waals surface area contributed by atoms with Crippen molar-refractivity contribution in [3.63, 3.8) is 0 Å². The molecule has 0 bridgehead atoms. The second-order valence-corrected chi connectivity index (χ2v) is 6.46. The molecule has 0 aliphatic rings. The van der Waals surface area contributed by atoms with E-state index in [4.69, 9.17) is 21.6 Å². The lowest BCUT2D eigenvalue weighted by molar-refractivity contribution is 0.112. The van der Waals surface area contributed by atoms with Gasteiger partial charge < -0.3 is 4.74 Å². The van der Waals surface area contributed by atoms with E-state index >= 15 is 0 Å². The van der Waals surface area contributed by atoms with Gasteiger partial charge in [0, 0.05) is 11.1 Å². The predicted octanol–water partition coefficient (Wildman–Crippen LogP) is 5.76. The number of nitriles is 2. The van der Waals surface area contributed by atoms with Gasteiger partial charge in [-0.25, -0.2) is 0 Å². The first-order valence-corrected chi connectivity index (χ1v) is 9.10. The number of benzene rings is 3. The molecular weight excluding hydrogens is 384 g/mol. The third kappa shape index (κ3) is 4.52. The van der Waals surface area contributed by atoms with Crippen LogP contribution in [0.1, 0.15) is 27.0 Å². The molecule has 0 saturated carbocycles. The van der Waals surface area contributed by atoms with Crippen molar-refractivity contribution < 1.29 is 9.53 Å². The fraction of sp³-hybridized carbons (Fsp3) is 0.0417. The number of carbonyl (C=O) groups is 1. The van der Waals surface area contributed by atoms with E-state index < -0.39 is 0 Å². The Balaban J connectivity index is 2.04. The van der Waals surface area contributed by atoms with Gasteiger partial charge in [-0.1, -0.05) is 72.3 Å². The van der Waals surface area contributed by atoms with Crippen LogP contribution in [-0.2, 0) is 0 Å². The summed E-state index contributed by atoms with van der Waals surface area (Å²) in [6.07, 6.45) is 4.20. The number of ether oxygens (including phenoxy) is 1. The summed E-state index contributed by atoms with van der Waals surface area (Å²) in [7, 11) is 0. The summed E-state index contributed by atoms with van der Waals surface area (Å²) < 4.78 is 5.30. The van der Waals surface area contributed by atoms with Gasteiger partial charge in [-0.05, 0) is 28.8 Å². The van der Waals surface area contributed by atoms with Gasteiger partial charge in [0.15, 0.2) is 12.9 Å². The molecular formula is C24H15ClN2O2. The van der Waals surface area contributed by atoms with Crippen molar-refractivity contribution in [1.29, 1.82) is 10.5 Å². The Morgan fingerprint density at radius 3 is 2.38 bits per heavy atom. The molecule has 0 radical (unpaired) electrons. The summed E-state index contributed by atoms with van der Waals surface area (Å²) >= 11 is 6.11. The molecule has 0 spiro atoms. The Kier molecular flexibility index (Phi) is 6.43. The Labute approximate surface area is 173 Å². The molecule has 0 aliphatic heterocycles. The molecule has 0 saturated heterocycles. The molecule has 3 aromatic carbocycles. The molecule has 0 heterocycles. The van der Waals surface area contributed by atoms with Crippen LogP contribution in [0.5, 0.6) is 5.75 Å². The number of rotatable bonds is 6. The summed E-state index contributed by atoms with van der Waals surface area (Å²) in [5, 5.41) is 18.7. The van der Waals surface area contributed by atoms with Gasteiger partial charge in [0.1, 0.15) is 17.9 Å². The molecule has 0 N–H and O–H groups in total. The molecule has 29 heavy (non-hydrogen) atoms. The Bertz CT molecular complexity index is 1160. The van der Waals surface area contributed by atoms with Crippen molar-refractivity contribution in [3.05, 3.63) is 87.9 Å². The molecule has 0 aliphatic carbocycles. The van der Waals surface area contributed by atoms with Gasteiger partial charge >= 0.3 is 0 Å². The van der Waals surface area contributed by atoms with Crippen LogP contribution in [0.15, 0.2) is 60.7 Å². The van der Waals surface area contributed by atoms with Crippen molar-refractivity contribution in [3.8, 4) is 29.0 Å². The Morgan fingerprint density at radius 1 is 0.931 bits per heavy atom. The first-order chi connectivity index (χ1) is 14.2. The maximum Gasteiger partial charge on any atom is 0.174 e. The summed E-state index contributed by atoms with van der Waals surface area (Å²) in [5.41, 5.74) is 4.00. The van der Waals surface area contributed by atoms with Crippen molar-refractivity contribution in [2.24, 2.45) is 0 Å². The van der Waals surface area contributed by atoms with Crippen LogP contribution in [-0.4, -0.2) is 12.9 Å². The number of halogens is 1. The first kappa shape index (κ1) is 19.9. The van der Waals surface area contributed by atoms with E-state index in [-0.39, 0.29) is 11.6 Å². The van der Waals surface area contributed by atoms with E-state index in [0.29, 0.717) is 28.7 Å². The van der Waals surface area contributed by atoms with Gasteiger partial charge in [0.25, 0.3) is 0 Å². The lowest BCUT2D eigenvalue weighted by Gasteiger charge is -2.09. The molecule has 0 aromatic heterocycles. The van der Waals surface area contributed by atoms with Crippen molar-refractivity contribution in [2.75, 3.05) is 6.61 Å². The summed E-state index contributed by atoms with van der Waals surface area (Å²) in [6.45, 7) is -0.152. The maximum atomic E-state index is 11.4. The highest BCUT2D eigenvalue weighted by atomic mass is 35.5. The highest BCUT2D eigenvalue weighted by molar-refractivity contribution is 6.32. The van der Waals surface area contributed by atoms with Crippen LogP contribution in [0.3, 0.4) is 0 Å². The Hall–Kier alpha value is -3.86. The van der Waals surface area contributed by atoms with E-state index in [1.165, 1.54) is 6.07 Å². The van der Waals surface area contributed by atoms with E-state index in [1.54, 1.807) is 18.2 Å². The highest BCUT2D eigenvalue weighted by Gasteiger charge is 2.10. The molecule has 0 atom stereocenters. The molecule has 0 amide bonds. The molecule has 4 nitrogen and oxygen atoms in total. The Morgan fingerprint density at radius 2 is 1.69 bits per heavy atom. The number of hydrogen-bond acceptors (Lipinski definition) is 4. The van der Waals surface area contributed by atoms with Gasteiger partial charge in [-0.2, -0.15) is 10.5 Å². The van der Waals surface area contributed by atoms with Gasteiger partial charge in [-0.15, -0.1) is 0 Å². The normalized spacial score (nSPS) is 10.3. The zero-order valence-electron chi connectivity index (χ0n) is 15.3. The minimum atomic E-state index is -0.152. The van der Waals surface area contributed by atoms with E-state index in [1.807, 2.05) is 54.6 Å². The number of aldehydes is 1. The van der Waals surface area contributed by atoms with Crippen LogP contribution in [0.4, 0.5) is 0 Å². The molecule has 5 heteroatoms. The second kappa shape index (κ2) is 9.37. The van der Waals surface area contributed by atoms with Crippen LogP contribution in [0, 0.1) is 22.7 Å². The lowest BCUT2D eigenvalue weighted by Crippen LogP contribution is -1.97. The molecule has 3 aromatic rings. The van der Waals surface area contributed by atoms with Crippen molar-refractivity contribution in [1.82, 2.24) is 0 Å². The standard InChI is InChI=1S/C24H15ClN2O2/c25-23-13-20(16-28)19(14-24(23)29-12-11-26)10-9-18-7-4-8-21(22(18)15-27)17-5-2-1-3-6-17/h1-10,13-14,16H,12H2/b10-9+. The first-order valence-electron chi connectivity index (χ1n) is 8.73. The summed E-state index contributed by atoms with van der Waals surface area (Å²) in [5.74, 6) is 0.317. The number of hydrogen-bond donors (Lipinski definition) is 0. The maximum absolute atomic E-state index is 11.4. The lowest BCUT2D eigenvalue weighted by atomic mass is 9.95. The van der Waals surface area contributed by atoms with Crippen molar-refractivity contribution in [2.45, 2.75) is 0 Å². The molecule has 3 rings (SSSR count). The molecule has 0 fully saturated rings. The van der Waals surface area contributed by atoms with Crippen LogP contribution < -0.4 is 4.74 Å². The van der Waals surface area contributed by atoms with E-state index in [2.05, 4.69) is 6.07 Å². The summed E-state index contributed by atoms with van der Waals surface area (Å²) in [6, 6.07) is 22.5. The fourth-order valence-corrected chi connectivity index (χ4v) is 3.15. The zero-order chi connectivity index (χ0) is 20.6. The summed E-state index contributed by atoms with van der Waals surface area (Å²) in [4.78, 5) is 11.4. The molecule has 140 valence electrons. The number of nitrogens with zero attached hydrogens (tertiary/aromatic N) is 2. The predicted molar refractivity (Wildman–Crippen MR) is 113 cm³/mol. The van der Waals surface area contributed by atoms with Crippen molar-refractivity contribution >= 4 is 30.0 Å². The van der Waals surface area contributed by atoms with Gasteiger partial charge in [0.2, 0.25) is 0 Å². The van der Waals surface area contributed by atoms with E-state index in [9.17, 15) is 10.1 Å². The van der Waals surface area contributed by atoms with Crippen LogP contribution >= 0.6 is 11.6 Å². The minimum Gasteiger partial charge on any atom is -0.477 e. The average Bonchev–Trinajstić information content (AvgIpc) is 2.77. The van der Waals surface area contributed by atoms with Gasteiger partial charge in [0.05, 0.1) is 10.6 Å². The third-order valence-electron chi connectivity index (χ3n) is 4.29. The SMILES string of the molecule is N#CCOc1cc(/C=C/c2cccc(-c3ccccc3)c2C#N)c(C=O)cc1Cl. The van der Waals surface area contributed by atoms with Gasteiger partial charge in [-0.3, -0.25) is 4.79 Å². The van der Waals surface area contributed by atoms with Crippen LogP contribution in [0.2, 0.25) is 5.02 Å². The highest BCUT2D eigenvalue weighted by Crippen LogP contribution is 2.30. The smallest absolute Gasteiger partial charge is 0.174 e. The average molecular weight is 399 g/mol. The second-order valence-electron chi connectivity index (χ2n) is 6.06. The monoisotopic (exact) mass is 398 g/mol. The largest absolute Gasteiger partial charge is 0.477 e. The topological polar surface area (TPSA) is 73.9 Å². The number of carbonyl (C=O) groups excluding carboxylic acids is 1. The minimum absolute atomic E-state index is 0.152. The zero-order valence-corrected chi connectivity index (χ0v) is 16.1.